The summed E-state index contributed by atoms with van der Waals surface area (Å²) in [5.41, 5.74) is 11.0. The van der Waals surface area contributed by atoms with E-state index in [0.29, 0.717) is 17.9 Å². The van der Waals surface area contributed by atoms with Crippen molar-refractivity contribution in [2.75, 3.05) is 11.9 Å². The molecule has 0 saturated heterocycles. The number of carbonyl (C=O) groups excluding carboxylic acids is 1. The van der Waals surface area contributed by atoms with Crippen LogP contribution >= 0.6 is 0 Å². The minimum absolute atomic E-state index is 0.175. The van der Waals surface area contributed by atoms with Gasteiger partial charge in [-0.15, -0.1) is 0 Å². The molecule has 28 heavy (non-hydrogen) atoms. The van der Waals surface area contributed by atoms with Crippen LogP contribution < -0.4 is 11.1 Å². The molecule has 0 aliphatic heterocycles. The average molecular weight is 372 g/mol. The second-order valence-corrected chi connectivity index (χ2v) is 6.54. The number of nitrogens with one attached hydrogen (secondary N) is 1. The molecule has 5 heteroatoms. The molecule has 0 radical (unpaired) electrons. The highest BCUT2D eigenvalue weighted by Gasteiger charge is 2.09. The van der Waals surface area contributed by atoms with Crippen molar-refractivity contribution < 1.29 is 4.79 Å². The summed E-state index contributed by atoms with van der Waals surface area (Å²) in [4.78, 5) is 21.3. The van der Waals surface area contributed by atoms with E-state index in [1.807, 2.05) is 55.5 Å². The number of anilines is 1. The Morgan fingerprint density at radius 3 is 2.50 bits per heavy atom. The van der Waals surface area contributed by atoms with Crippen molar-refractivity contribution in [3.63, 3.8) is 0 Å². The first kappa shape index (κ1) is 19.3. The molecule has 142 valence electrons. The smallest absolute Gasteiger partial charge is 0.255 e. The molecule has 0 bridgehead atoms. The van der Waals surface area contributed by atoms with Crippen LogP contribution in [0.5, 0.6) is 0 Å². The van der Waals surface area contributed by atoms with E-state index in [4.69, 9.17) is 5.73 Å². The van der Waals surface area contributed by atoms with Gasteiger partial charge >= 0.3 is 0 Å². The minimum atomic E-state index is -0.175. The molecule has 3 N–H and O–H groups in total. The van der Waals surface area contributed by atoms with E-state index in [9.17, 15) is 4.79 Å². The number of amidine groups is 1. The standard InChI is InChI=1S/C23H24N4O/c1-3-13-26-22(24)17-8-10-18(11-9-17)23(28)27-19-12-7-16(2)20(15-19)21-6-4-5-14-25-21/h4-12,14-15H,3,13H2,1-2H3,(H2,24,26)(H,27,28). The highest BCUT2D eigenvalue weighted by atomic mass is 16.1. The van der Waals surface area contributed by atoms with Gasteiger partial charge in [0.2, 0.25) is 0 Å². The number of hydrogen-bond acceptors (Lipinski definition) is 3. The SMILES string of the molecule is CCCN=C(N)c1ccc(C(=O)Nc2ccc(C)c(-c3ccccn3)c2)cc1. The van der Waals surface area contributed by atoms with Gasteiger partial charge < -0.3 is 11.1 Å². The first-order chi connectivity index (χ1) is 13.6. The maximum atomic E-state index is 12.6. The van der Waals surface area contributed by atoms with Crippen LogP contribution in [0, 0.1) is 6.92 Å². The van der Waals surface area contributed by atoms with Gasteiger partial charge in [0.15, 0.2) is 0 Å². The average Bonchev–Trinajstić information content (AvgIpc) is 2.74. The summed E-state index contributed by atoms with van der Waals surface area (Å²) in [5.74, 6) is 0.318. The molecule has 1 heterocycles. The Labute approximate surface area is 165 Å². The normalized spacial score (nSPS) is 11.3. The number of nitrogens with two attached hydrogens (primary N) is 1. The van der Waals surface area contributed by atoms with Gasteiger partial charge in [0, 0.05) is 35.1 Å². The van der Waals surface area contributed by atoms with E-state index in [0.717, 1.165) is 34.5 Å². The number of hydrogen-bond donors (Lipinski definition) is 2. The molecule has 1 aromatic heterocycles. The fourth-order valence-electron chi connectivity index (χ4n) is 2.82. The number of nitrogens with zero attached hydrogens (tertiary/aromatic N) is 2. The third kappa shape index (κ3) is 4.62. The predicted molar refractivity (Wildman–Crippen MR) is 115 cm³/mol. The zero-order valence-corrected chi connectivity index (χ0v) is 16.1. The highest BCUT2D eigenvalue weighted by molar-refractivity contribution is 6.05. The van der Waals surface area contributed by atoms with E-state index in [2.05, 4.69) is 22.2 Å². The van der Waals surface area contributed by atoms with Gasteiger partial charge in [-0.25, -0.2) is 0 Å². The van der Waals surface area contributed by atoms with Gasteiger partial charge in [-0.1, -0.05) is 31.2 Å². The molecule has 0 fully saturated rings. The van der Waals surface area contributed by atoms with Gasteiger partial charge in [-0.05, 0) is 55.3 Å². The van der Waals surface area contributed by atoms with Gasteiger partial charge in [-0.3, -0.25) is 14.8 Å². The molecule has 0 saturated carbocycles. The molecule has 0 aliphatic rings. The third-order valence-electron chi connectivity index (χ3n) is 4.38. The van der Waals surface area contributed by atoms with Crippen LogP contribution in [0.15, 0.2) is 71.9 Å². The molecule has 3 rings (SSSR count). The minimum Gasteiger partial charge on any atom is -0.384 e. The maximum Gasteiger partial charge on any atom is 0.255 e. The van der Waals surface area contributed by atoms with Crippen LogP contribution in [0.1, 0.15) is 34.8 Å². The third-order valence-corrected chi connectivity index (χ3v) is 4.38. The largest absolute Gasteiger partial charge is 0.384 e. The van der Waals surface area contributed by atoms with Crippen LogP contribution in [-0.2, 0) is 0 Å². The summed E-state index contributed by atoms with van der Waals surface area (Å²) in [6.45, 7) is 4.77. The molecule has 0 atom stereocenters. The van der Waals surface area contributed by atoms with Crippen LogP contribution in [0.25, 0.3) is 11.3 Å². The molecular weight excluding hydrogens is 348 g/mol. The Balaban J connectivity index is 1.76. The molecule has 2 aromatic carbocycles. The fourth-order valence-corrected chi connectivity index (χ4v) is 2.82. The van der Waals surface area contributed by atoms with Crippen LogP contribution in [-0.4, -0.2) is 23.3 Å². The number of aromatic nitrogens is 1. The zero-order valence-electron chi connectivity index (χ0n) is 16.1. The predicted octanol–water partition coefficient (Wildman–Crippen LogP) is 4.42. The summed E-state index contributed by atoms with van der Waals surface area (Å²) in [6, 6.07) is 18.8. The summed E-state index contributed by atoms with van der Waals surface area (Å²) >= 11 is 0. The Kier molecular flexibility index (Phi) is 6.17. The summed E-state index contributed by atoms with van der Waals surface area (Å²) < 4.78 is 0. The zero-order chi connectivity index (χ0) is 19.9. The van der Waals surface area contributed by atoms with E-state index in [-0.39, 0.29) is 5.91 Å². The first-order valence-electron chi connectivity index (χ1n) is 9.32. The molecule has 0 unspecified atom stereocenters. The second-order valence-electron chi connectivity index (χ2n) is 6.54. The molecule has 0 spiro atoms. The lowest BCUT2D eigenvalue weighted by atomic mass is 10.0. The van der Waals surface area contributed by atoms with Gasteiger partial charge in [0.1, 0.15) is 5.84 Å². The maximum absolute atomic E-state index is 12.6. The van der Waals surface area contributed by atoms with Gasteiger partial charge in [0.25, 0.3) is 5.91 Å². The Bertz CT molecular complexity index is 979. The summed E-state index contributed by atoms with van der Waals surface area (Å²) in [6.07, 6.45) is 2.70. The van der Waals surface area contributed by atoms with Crippen LogP contribution in [0.2, 0.25) is 0 Å². The number of amides is 1. The Morgan fingerprint density at radius 2 is 1.82 bits per heavy atom. The lowest BCUT2D eigenvalue weighted by molar-refractivity contribution is 0.102. The monoisotopic (exact) mass is 372 g/mol. The number of aryl methyl sites for hydroxylation is 1. The van der Waals surface area contributed by atoms with Crippen molar-refractivity contribution in [3.8, 4) is 11.3 Å². The molecule has 3 aromatic rings. The van der Waals surface area contributed by atoms with Gasteiger partial charge in [-0.2, -0.15) is 0 Å². The van der Waals surface area contributed by atoms with E-state index < -0.39 is 0 Å². The number of carbonyl (C=O) groups is 1. The molecule has 0 aliphatic carbocycles. The van der Waals surface area contributed by atoms with Crippen molar-refractivity contribution in [1.82, 2.24) is 4.98 Å². The van der Waals surface area contributed by atoms with E-state index in [1.54, 1.807) is 18.3 Å². The van der Waals surface area contributed by atoms with Crippen molar-refractivity contribution in [2.45, 2.75) is 20.3 Å². The Hall–Kier alpha value is -3.47. The van der Waals surface area contributed by atoms with Crippen LogP contribution in [0.3, 0.4) is 0 Å². The fraction of sp³-hybridized carbons (Fsp3) is 0.174. The van der Waals surface area contributed by atoms with E-state index >= 15 is 0 Å². The van der Waals surface area contributed by atoms with Crippen LogP contribution in [0.4, 0.5) is 5.69 Å². The van der Waals surface area contributed by atoms with Crippen molar-refractivity contribution in [2.24, 2.45) is 10.7 Å². The van der Waals surface area contributed by atoms with Crippen molar-refractivity contribution in [1.29, 1.82) is 0 Å². The summed E-state index contributed by atoms with van der Waals surface area (Å²) in [7, 11) is 0. The number of pyridine rings is 1. The number of aliphatic imine (C=N–C) groups is 1. The number of rotatable bonds is 6. The van der Waals surface area contributed by atoms with E-state index in [1.165, 1.54) is 0 Å². The van der Waals surface area contributed by atoms with Gasteiger partial charge in [0.05, 0.1) is 5.69 Å². The Morgan fingerprint density at radius 1 is 1.07 bits per heavy atom. The van der Waals surface area contributed by atoms with Crippen molar-refractivity contribution >= 4 is 17.4 Å². The lowest BCUT2D eigenvalue weighted by Crippen LogP contribution is -2.15. The number of benzene rings is 2. The molecule has 5 nitrogen and oxygen atoms in total. The first-order valence-corrected chi connectivity index (χ1v) is 9.32. The molecule has 1 amide bonds. The second kappa shape index (κ2) is 8.95. The highest BCUT2D eigenvalue weighted by Crippen LogP contribution is 2.25. The quantitative estimate of drug-likeness (QED) is 0.496. The topological polar surface area (TPSA) is 80.4 Å². The summed E-state index contributed by atoms with van der Waals surface area (Å²) in [5, 5.41) is 2.95. The lowest BCUT2D eigenvalue weighted by Gasteiger charge is -2.10. The van der Waals surface area contributed by atoms with Crippen molar-refractivity contribution in [3.05, 3.63) is 83.6 Å². The molecular formula is C23H24N4O.